The van der Waals surface area contributed by atoms with Crippen LogP contribution >= 0.6 is 15.9 Å². The molecule has 1 aromatic carbocycles. The molecule has 0 unspecified atom stereocenters. The lowest BCUT2D eigenvalue weighted by Crippen LogP contribution is -2.15. The summed E-state index contributed by atoms with van der Waals surface area (Å²) in [6.45, 7) is 8.89. The number of nitrogens with one attached hydrogen (secondary N) is 1. The van der Waals surface area contributed by atoms with Gasteiger partial charge >= 0.3 is 0 Å². The molecule has 0 amide bonds. The molecule has 0 atom stereocenters. The van der Waals surface area contributed by atoms with Crippen molar-refractivity contribution in [3.63, 3.8) is 0 Å². The lowest BCUT2D eigenvalue weighted by Gasteiger charge is -2.14. The Bertz CT molecular complexity index is 339. The first-order valence-electron chi connectivity index (χ1n) is 5.81. The molecule has 3 heteroatoms. The molecule has 0 fully saturated rings. The van der Waals surface area contributed by atoms with Gasteiger partial charge in [0.15, 0.2) is 0 Å². The molecule has 0 radical (unpaired) electrons. The Hall–Kier alpha value is -0.540. The Morgan fingerprint density at radius 3 is 2.69 bits per heavy atom. The minimum absolute atomic E-state index is 0.712. The van der Waals surface area contributed by atoms with Gasteiger partial charge in [-0.1, -0.05) is 22.9 Å². The molecular formula is C13H20BrNO. The molecular weight excluding hydrogens is 266 g/mol. The molecule has 1 N–H and O–H groups in total. The highest BCUT2D eigenvalue weighted by atomic mass is 79.9. The third-order valence-corrected chi connectivity index (χ3v) is 2.81. The minimum Gasteiger partial charge on any atom is -0.493 e. The Morgan fingerprint density at radius 1 is 1.31 bits per heavy atom. The van der Waals surface area contributed by atoms with E-state index in [0.717, 1.165) is 29.7 Å². The van der Waals surface area contributed by atoms with Crippen LogP contribution in [0.1, 0.15) is 31.4 Å². The van der Waals surface area contributed by atoms with E-state index in [1.54, 1.807) is 0 Å². The number of hydrogen-bond acceptors (Lipinski definition) is 2. The van der Waals surface area contributed by atoms with Gasteiger partial charge in [-0.25, -0.2) is 0 Å². The molecule has 1 rings (SSSR count). The fourth-order valence-electron chi connectivity index (χ4n) is 1.68. The monoisotopic (exact) mass is 285 g/mol. The Balaban J connectivity index is 2.85. The average Bonchev–Trinajstić information content (AvgIpc) is 2.23. The largest absolute Gasteiger partial charge is 0.493 e. The quantitative estimate of drug-likeness (QED) is 0.806. The molecule has 0 spiro atoms. The standard InChI is InChI=1S/C13H20BrNO/c1-4-6-15-9-11-8-12(14)7-10(3)13(11)16-5-2/h7-8,15H,4-6,9H2,1-3H3. The van der Waals surface area contributed by atoms with Gasteiger partial charge < -0.3 is 10.1 Å². The van der Waals surface area contributed by atoms with E-state index in [1.807, 2.05) is 6.92 Å². The van der Waals surface area contributed by atoms with Crippen LogP contribution in [0.4, 0.5) is 0 Å². The van der Waals surface area contributed by atoms with Gasteiger partial charge in [-0.05, 0) is 44.5 Å². The first-order valence-corrected chi connectivity index (χ1v) is 6.60. The van der Waals surface area contributed by atoms with Gasteiger partial charge in [0.2, 0.25) is 0 Å². The van der Waals surface area contributed by atoms with E-state index >= 15 is 0 Å². The number of aryl methyl sites for hydroxylation is 1. The number of hydrogen-bond donors (Lipinski definition) is 1. The molecule has 0 aliphatic carbocycles. The van der Waals surface area contributed by atoms with E-state index in [9.17, 15) is 0 Å². The molecule has 0 heterocycles. The number of rotatable bonds is 6. The van der Waals surface area contributed by atoms with Crippen LogP contribution in [-0.4, -0.2) is 13.2 Å². The van der Waals surface area contributed by atoms with Crippen LogP contribution in [0.2, 0.25) is 0 Å². The predicted molar refractivity (Wildman–Crippen MR) is 72.0 cm³/mol. The third-order valence-electron chi connectivity index (χ3n) is 2.35. The summed E-state index contributed by atoms with van der Waals surface area (Å²) in [7, 11) is 0. The van der Waals surface area contributed by atoms with Crippen molar-refractivity contribution in [1.82, 2.24) is 5.32 Å². The van der Waals surface area contributed by atoms with Crippen LogP contribution < -0.4 is 10.1 Å². The molecule has 0 saturated heterocycles. The van der Waals surface area contributed by atoms with Crippen molar-refractivity contribution >= 4 is 15.9 Å². The van der Waals surface area contributed by atoms with Gasteiger partial charge in [-0.2, -0.15) is 0 Å². The molecule has 0 saturated carbocycles. The fraction of sp³-hybridized carbons (Fsp3) is 0.538. The summed E-state index contributed by atoms with van der Waals surface area (Å²) in [5.41, 5.74) is 2.41. The summed E-state index contributed by atoms with van der Waals surface area (Å²) in [6, 6.07) is 4.22. The van der Waals surface area contributed by atoms with Gasteiger partial charge in [0, 0.05) is 16.6 Å². The van der Waals surface area contributed by atoms with Crippen LogP contribution in [0.15, 0.2) is 16.6 Å². The summed E-state index contributed by atoms with van der Waals surface area (Å²) in [6.07, 6.45) is 1.15. The van der Waals surface area contributed by atoms with Crippen LogP contribution in [0.5, 0.6) is 5.75 Å². The van der Waals surface area contributed by atoms with Crippen LogP contribution in [0.25, 0.3) is 0 Å². The predicted octanol–water partition coefficient (Wildman–Crippen LogP) is 3.66. The minimum atomic E-state index is 0.712. The van der Waals surface area contributed by atoms with E-state index < -0.39 is 0 Å². The van der Waals surface area contributed by atoms with Gasteiger partial charge in [0.25, 0.3) is 0 Å². The van der Waals surface area contributed by atoms with E-state index in [1.165, 1.54) is 11.1 Å². The number of halogens is 1. The normalized spacial score (nSPS) is 10.5. The van der Waals surface area contributed by atoms with Crippen molar-refractivity contribution in [1.29, 1.82) is 0 Å². The van der Waals surface area contributed by atoms with Crippen molar-refractivity contribution in [2.75, 3.05) is 13.2 Å². The Kier molecular flexibility index (Phi) is 5.85. The van der Waals surface area contributed by atoms with Gasteiger partial charge in [0.1, 0.15) is 5.75 Å². The fourth-order valence-corrected chi connectivity index (χ4v) is 2.30. The first-order chi connectivity index (χ1) is 7.69. The van der Waals surface area contributed by atoms with Crippen molar-refractivity contribution < 1.29 is 4.74 Å². The first kappa shape index (κ1) is 13.5. The molecule has 0 aromatic heterocycles. The van der Waals surface area contributed by atoms with Crippen LogP contribution in [-0.2, 0) is 6.54 Å². The SMILES string of the molecule is CCCNCc1cc(Br)cc(C)c1OCC. The zero-order valence-corrected chi connectivity index (χ0v) is 11.9. The molecule has 1 aromatic rings. The molecule has 16 heavy (non-hydrogen) atoms. The molecule has 0 aliphatic rings. The van der Waals surface area contributed by atoms with Crippen molar-refractivity contribution in [3.05, 3.63) is 27.7 Å². The van der Waals surface area contributed by atoms with Crippen LogP contribution in [0.3, 0.4) is 0 Å². The molecule has 2 nitrogen and oxygen atoms in total. The maximum atomic E-state index is 5.69. The zero-order valence-electron chi connectivity index (χ0n) is 10.3. The van der Waals surface area contributed by atoms with Crippen molar-refractivity contribution in [2.45, 2.75) is 33.7 Å². The van der Waals surface area contributed by atoms with Crippen molar-refractivity contribution in [3.8, 4) is 5.75 Å². The summed E-state index contributed by atoms with van der Waals surface area (Å²) < 4.78 is 6.81. The second-order valence-corrected chi connectivity index (χ2v) is 4.74. The van der Waals surface area contributed by atoms with E-state index in [0.29, 0.717) is 6.61 Å². The summed E-state index contributed by atoms with van der Waals surface area (Å²) in [4.78, 5) is 0. The molecule has 0 bridgehead atoms. The highest BCUT2D eigenvalue weighted by Gasteiger charge is 2.08. The zero-order chi connectivity index (χ0) is 12.0. The third kappa shape index (κ3) is 3.80. The van der Waals surface area contributed by atoms with Crippen LogP contribution in [0, 0.1) is 6.92 Å². The smallest absolute Gasteiger partial charge is 0.126 e. The Labute approximate surface area is 107 Å². The second-order valence-electron chi connectivity index (χ2n) is 3.82. The maximum Gasteiger partial charge on any atom is 0.126 e. The van der Waals surface area contributed by atoms with E-state index in [-0.39, 0.29) is 0 Å². The summed E-state index contributed by atoms with van der Waals surface area (Å²) in [5, 5.41) is 3.40. The van der Waals surface area contributed by atoms with Crippen molar-refractivity contribution in [2.24, 2.45) is 0 Å². The molecule has 90 valence electrons. The second kappa shape index (κ2) is 6.92. The maximum absolute atomic E-state index is 5.69. The van der Waals surface area contributed by atoms with Gasteiger partial charge in [-0.3, -0.25) is 0 Å². The number of ether oxygens (including phenoxy) is 1. The Morgan fingerprint density at radius 2 is 2.06 bits per heavy atom. The van der Waals surface area contributed by atoms with E-state index in [2.05, 4.69) is 47.2 Å². The number of benzene rings is 1. The van der Waals surface area contributed by atoms with Gasteiger partial charge in [-0.15, -0.1) is 0 Å². The highest BCUT2D eigenvalue weighted by molar-refractivity contribution is 9.10. The summed E-state index contributed by atoms with van der Waals surface area (Å²) in [5.74, 6) is 1.02. The van der Waals surface area contributed by atoms with E-state index in [4.69, 9.17) is 4.74 Å². The highest BCUT2D eigenvalue weighted by Crippen LogP contribution is 2.28. The topological polar surface area (TPSA) is 21.3 Å². The lowest BCUT2D eigenvalue weighted by atomic mass is 10.1. The van der Waals surface area contributed by atoms with Gasteiger partial charge in [0.05, 0.1) is 6.61 Å². The average molecular weight is 286 g/mol. The summed E-state index contributed by atoms with van der Waals surface area (Å²) >= 11 is 3.52. The molecule has 0 aliphatic heterocycles. The lowest BCUT2D eigenvalue weighted by molar-refractivity contribution is 0.333.